The summed E-state index contributed by atoms with van der Waals surface area (Å²) >= 11 is 0. The molecule has 2 aromatic rings. The fourth-order valence-corrected chi connectivity index (χ4v) is 2.17. The molecular formula is C17H20O. The zero-order valence-electron chi connectivity index (χ0n) is 10.9. The molecule has 18 heavy (non-hydrogen) atoms. The molecule has 0 radical (unpaired) electrons. The molecular weight excluding hydrogens is 220 g/mol. The van der Waals surface area contributed by atoms with Crippen LogP contribution < -0.4 is 0 Å². The Morgan fingerprint density at radius 3 is 2.22 bits per heavy atom. The SMILES string of the molecule is CCCCc1ccccc1Cc1ccc(O)cc1. The molecule has 0 aliphatic heterocycles. The van der Waals surface area contributed by atoms with Crippen molar-refractivity contribution in [3.63, 3.8) is 0 Å². The third kappa shape index (κ3) is 3.36. The zero-order valence-corrected chi connectivity index (χ0v) is 10.9. The van der Waals surface area contributed by atoms with Gasteiger partial charge < -0.3 is 5.11 Å². The fraction of sp³-hybridized carbons (Fsp3) is 0.294. The molecule has 0 atom stereocenters. The smallest absolute Gasteiger partial charge is 0.115 e. The largest absolute Gasteiger partial charge is 0.508 e. The van der Waals surface area contributed by atoms with Crippen LogP contribution in [-0.2, 0) is 12.8 Å². The molecule has 0 heterocycles. The Morgan fingerprint density at radius 2 is 1.56 bits per heavy atom. The Hall–Kier alpha value is -1.76. The Bertz CT molecular complexity index is 485. The highest BCUT2D eigenvalue weighted by Crippen LogP contribution is 2.18. The Morgan fingerprint density at radius 1 is 0.889 bits per heavy atom. The van der Waals surface area contributed by atoms with Crippen LogP contribution in [0.25, 0.3) is 0 Å². The molecule has 0 bridgehead atoms. The lowest BCUT2D eigenvalue weighted by atomic mass is 9.96. The van der Waals surface area contributed by atoms with E-state index in [1.165, 1.54) is 29.5 Å². The van der Waals surface area contributed by atoms with E-state index in [2.05, 4.69) is 31.2 Å². The van der Waals surface area contributed by atoms with Crippen molar-refractivity contribution in [1.29, 1.82) is 0 Å². The van der Waals surface area contributed by atoms with Crippen LogP contribution in [0.15, 0.2) is 48.5 Å². The van der Waals surface area contributed by atoms with Crippen molar-refractivity contribution in [1.82, 2.24) is 0 Å². The van der Waals surface area contributed by atoms with Crippen molar-refractivity contribution in [3.8, 4) is 5.75 Å². The number of phenols is 1. The van der Waals surface area contributed by atoms with Crippen molar-refractivity contribution in [2.75, 3.05) is 0 Å². The third-order valence-corrected chi connectivity index (χ3v) is 3.25. The fourth-order valence-electron chi connectivity index (χ4n) is 2.17. The van der Waals surface area contributed by atoms with Gasteiger partial charge in [-0.2, -0.15) is 0 Å². The quantitative estimate of drug-likeness (QED) is 0.825. The maximum absolute atomic E-state index is 9.29. The van der Waals surface area contributed by atoms with Crippen LogP contribution in [0.4, 0.5) is 0 Å². The third-order valence-electron chi connectivity index (χ3n) is 3.25. The summed E-state index contributed by atoms with van der Waals surface area (Å²) in [6.45, 7) is 2.22. The molecule has 0 unspecified atom stereocenters. The highest BCUT2D eigenvalue weighted by molar-refractivity contribution is 5.34. The summed E-state index contributed by atoms with van der Waals surface area (Å²) in [5.74, 6) is 0.331. The minimum atomic E-state index is 0.331. The maximum Gasteiger partial charge on any atom is 0.115 e. The van der Waals surface area contributed by atoms with Crippen LogP contribution in [0, 0.1) is 0 Å². The molecule has 1 nitrogen and oxygen atoms in total. The number of hydrogen-bond acceptors (Lipinski definition) is 1. The van der Waals surface area contributed by atoms with Crippen LogP contribution in [0.3, 0.4) is 0 Å². The average molecular weight is 240 g/mol. The van der Waals surface area contributed by atoms with Crippen LogP contribution >= 0.6 is 0 Å². The van der Waals surface area contributed by atoms with Crippen LogP contribution in [0.5, 0.6) is 5.75 Å². The first-order valence-electron chi connectivity index (χ1n) is 6.64. The minimum Gasteiger partial charge on any atom is -0.508 e. The van der Waals surface area contributed by atoms with Gasteiger partial charge in [0.2, 0.25) is 0 Å². The number of hydrogen-bond donors (Lipinski definition) is 1. The van der Waals surface area contributed by atoms with Gasteiger partial charge in [-0.3, -0.25) is 0 Å². The summed E-state index contributed by atoms with van der Waals surface area (Å²) in [7, 11) is 0. The normalized spacial score (nSPS) is 10.5. The maximum atomic E-state index is 9.29. The van der Waals surface area contributed by atoms with E-state index in [0.717, 1.165) is 12.8 Å². The molecule has 94 valence electrons. The van der Waals surface area contributed by atoms with Crippen LogP contribution in [-0.4, -0.2) is 5.11 Å². The summed E-state index contributed by atoms with van der Waals surface area (Å²) in [6, 6.07) is 16.1. The first-order valence-corrected chi connectivity index (χ1v) is 6.64. The number of benzene rings is 2. The van der Waals surface area contributed by atoms with Gasteiger partial charge in [0.05, 0.1) is 0 Å². The first kappa shape index (κ1) is 12.7. The molecule has 0 saturated carbocycles. The number of unbranched alkanes of at least 4 members (excludes halogenated alkanes) is 1. The summed E-state index contributed by atoms with van der Waals surface area (Å²) in [5.41, 5.74) is 4.10. The van der Waals surface area contributed by atoms with Gasteiger partial charge in [0.15, 0.2) is 0 Å². The Labute approximate surface area is 109 Å². The van der Waals surface area contributed by atoms with E-state index in [9.17, 15) is 5.11 Å². The van der Waals surface area contributed by atoms with Gasteiger partial charge in [-0.05, 0) is 48.1 Å². The molecule has 0 spiro atoms. The van der Waals surface area contributed by atoms with Gasteiger partial charge in [0.25, 0.3) is 0 Å². The van der Waals surface area contributed by atoms with Gasteiger partial charge in [0.1, 0.15) is 5.75 Å². The lowest BCUT2D eigenvalue weighted by molar-refractivity contribution is 0.475. The van der Waals surface area contributed by atoms with Crippen molar-refractivity contribution < 1.29 is 5.11 Å². The second kappa shape index (κ2) is 6.25. The standard InChI is InChI=1S/C17H20O/c1-2-3-6-15-7-4-5-8-16(15)13-14-9-11-17(18)12-10-14/h4-5,7-12,18H,2-3,6,13H2,1H3. The first-order chi connectivity index (χ1) is 8.79. The molecule has 2 aromatic carbocycles. The number of aromatic hydroxyl groups is 1. The average Bonchev–Trinajstić information content (AvgIpc) is 2.40. The van der Waals surface area contributed by atoms with Gasteiger partial charge >= 0.3 is 0 Å². The molecule has 0 aliphatic carbocycles. The summed E-state index contributed by atoms with van der Waals surface area (Å²) in [6.07, 6.45) is 4.57. The van der Waals surface area contributed by atoms with Crippen molar-refractivity contribution in [2.24, 2.45) is 0 Å². The molecule has 2 rings (SSSR count). The monoisotopic (exact) mass is 240 g/mol. The zero-order chi connectivity index (χ0) is 12.8. The number of rotatable bonds is 5. The predicted molar refractivity (Wildman–Crippen MR) is 76.0 cm³/mol. The highest BCUT2D eigenvalue weighted by Gasteiger charge is 2.02. The van der Waals surface area contributed by atoms with E-state index in [0.29, 0.717) is 5.75 Å². The Balaban J connectivity index is 2.15. The molecule has 0 aromatic heterocycles. The predicted octanol–water partition coefficient (Wildman–Crippen LogP) is 4.33. The van der Waals surface area contributed by atoms with Gasteiger partial charge in [-0.1, -0.05) is 49.7 Å². The van der Waals surface area contributed by atoms with Gasteiger partial charge in [-0.15, -0.1) is 0 Å². The van der Waals surface area contributed by atoms with Crippen molar-refractivity contribution in [2.45, 2.75) is 32.6 Å². The lowest BCUT2D eigenvalue weighted by Crippen LogP contribution is -1.95. The molecule has 0 aliphatic rings. The van der Waals surface area contributed by atoms with Crippen molar-refractivity contribution >= 4 is 0 Å². The van der Waals surface area contributed by atoms with Gasteiger partial charge in [-0.25, -0.2) is 0 Å². The van der Waals surface area contributed by atoms with E-state index in [4.69, 9.17) is 0 Å². The topological polar surface area (TPSA) is 20.2 Å². The summed E-state index contributed by atoms with van der Waals surface area (Å²) in [4.78, 5) is 0. The number of phenolic OH excluding ortho intramolecular Hbond substituents is 1. The van der Waals surface area contributed by atoms with E-state index in [-0.39, 0.29) is 0 Å². The van der Waals surface area contributed by atoms with E-state index >= 15 is 0 Å². The van der Waals surface area contributed by atoms with Crippen LogP contribution in [0.1, 0.15) is 36.5 Å². The molecule has 1 heteroatoms. The lowest BCUT2D eigenvalue weighted by Gasteiger charge is -2.09. The molecule has 1 N–H and O–H groups in total. The minimum absolute atomic E-state index is 0.331. The van der Waals surface area contributed by atoms with E-state index in [1.807, 2.05) is 12.1 Å². The van der Waals surface area contributed by atoms with E-state index < -0.39 is 0 Å². The van der Waals surface area contributed by atoms with Crippen molar-refractivity contribution in [3.05, 3.63) is 65.2 Å². The second-order valence-electron chi connectivity index (χ2n) is 4.72. The molecule has 0 amide bonds. The molecule has 0 saturated heterocycles. The number of aryl methyl sites for hydroxylation is 1. The summed E-state index contributed by atoms with van der Waals surface area (Å²) < 4.78 is 0. The second-order valence-corrected chi connectivity index (χ2v) is 4.72. The van der Waals surface area contributed by atoms with E-state index in [1.54, 1.807) is 12.1 Å². The summed E-state index contributed by atoms with van der Waals surface area (Å²) in [5, 5.41) is 9.29. The van der Waals surface area contributed by atoms with Gasteiger partial charge in [0, 0.05) is 0 Å². The molecule has 0 fully saturated rings. The highest BCUT2D eigenvalue weighted by atomic mass is 16.3. The van der Waals surface area contributed by atoms with Crippen LogP contribution in [0.2, 0.25) is 0 Å². The Kier molecular flexibility index (Phi) is 4.40.